The lowest BCUT2D eigenvalue weighted by atomic mass is 10.1. The highest BCUT2D eigenvalue weighted by molar-refractivity contribution is 5.14. The lowest BCUT2D eigenvalue weighted by molar-refractivity contribution is 0.633. The monoisotopic (exact) mass is 175 g/mol. The van der Waals surface area contributed by atoms with E-state index < -0.39 is 0 Å². The highest BCUT2D eigenvalue weighted by Crippen LogP contribution is 1.98. The van der Waals surface area contributed by atoms with Crippen molar-refractivity contribution in [1.82, 2.24) is 5.32 Å². The van der Waals surface area contributed by atoms with E-state index in [1.54, 1.807) is 0 Å². The summed E-state index contributed by atoms with van der Waals surface area (Å²) in [4.78, 5) is 0. The minimum Gasteiger partial charge on any atom is -0.310 e. The van der Waals surface area contributed by atoms with Gasteiger partial charge in [0.25, 0.3) is 0 Å². The van der Waals surface area contributed by atoms with Crippen LogP contribution in [0, 0.1) is 0 Å². The van der Waals surface area contributed by atoms with Crippen LogP contribution >= 0.6 is 0 Å². The molecule has 0 aliphatic heterocycles. The first kappa shape index (κ1) is 10.0. The van der Waals surface area contributed by atoms with Crippen LogP contribution in [0.5, 0.6) is 0 Å². The van der Waals surface area contributed by atoms with E-state index in [-0.39, 0.29) is 0 Å². The van der Waals surface area contributed by atoms with E-state index in [0.29, 0.717) is 6.04 Å². The fraction of sp³-hybridized carbons (Fsp3) is 0.333. The van der Waals surface area contributed by atoms with Gasteiger partial charge in [0.05, 0.1) is 0 Å². The van der Waals surface area contributed by atoms with Crippen molar-refractivity contribution < 1.29 is 0 Å². The van der Waals surface area contributed by atoms with Crippen LogP contribution in [0.3, 0.4) is 0 Å². The van der Waals surface area contributed by atoms with E-state index in [1.807, 2.05) is 12.1 Å². The van der Waals surface area contributed by atoms with Gasteiger partial charge in [-0.1, -0.05) is 36.4 Å². The molecule has 0 aromatic heterocycles. The molecular formula is C12H17N. The van der Waals surface area contributed by atoms with E-state index in [0.717, 1.165) is 13.0 Å². The van der Waals surface area contributed by atoms with E-state index in [4.69, 9.17) is 0 Å². The number of hydrogen-bond donors (Lipinski definition) is 1. The molecule has 1 nitrogen and oxygen atoms in total. The second-order valence-corrected chi connectivity index (χ2v) is 3.21. The third-order valence-corrected chi connectivity index (χ3v) is 2.08. The summed E-state index contributed by atoms with van der Waals surface area (Å²) in [5.41, 5.74) is 1.38. The molecule has 0 spiro atoms. The maximum absolute atomic E-state index is 3.72. The van der Waals surface area contributed by atoms with Crippen LogP contribution in [0.25, 0.3) is 0 Å². The Labute approximate surface area is 80.5 Å². The summed E-state index contributed by atoms with van der Waals surface area (Å²) in [6.45, 7) is 6.84. The molecule has 0 amide bonds. The van der Waals surface area contributed by atoms with E-state index in [2.05, 4.69) is 43.1 Å². The lowest BCUT2D eigenvalue weighted by Crippen LogP contribution is -2.25. The van der Waals surface area contributed by atoms with Gasteiger partial charge in [0, 0.05) is 6.04 Å². The SMILES string of the molecule is C=CC(C)NCCc1ccccc1. The van der Waals surface area contributed by atoms with Gasteiger partial charge in [-0.3, -0.25) is 0 Å². The third-order valence-electron chi connectivity index (χ3n) is 2.08. The standard InChI is InChI=1S/C12H17N/c1-3-11(2)13-10-9-12-7-5-4-6-8-12/h3-8,11,13H,1,9-10H2,2H3. The van der Waals surface area contributed by atoms with Crippen LogP contribution in [0.2, 0.25) is 0 Å². The van der Waals surface area contributed by atoms with Crippen LogP contribution in [0.15, 0.2) is 43.0 Å². The van der Waals surface area contributed by atoms with Gasteiger partial charge in [-0.25, -0.2) is 0 Å². The van der Waals surface area contributed by atoms with E-state index in [1.165, 1.54) is 5.56 Å². The summed E-state index contributed by atoms with van der Waals surface area (Å²) in [6.07, 6.45) is 3.00. The Morgan fingerprint density at radius 2 is 2.08 bits per heavy atom. The zero-order valence-electron chi connectivity index (χ0n) is 8.16. The highest BCUT2D eigenvalue weighted by atomic mass is 14.9. The maximum Gasteiger partial charge on any atom is 0.0219 e. The predicted octanol–water partition coefficient (Wildman–Crippen LogP) is 2.39. The van der Waals surface area contributed by atoms with Gasteiger partial charge < -0.3 is 5.32 Å². The predicted molar refractivity (Wildman–Crippen MR) is 57.8 cm³/mol. The average Bonchev–Trinajstić information content (AvgIpc) is 2.19. The van der Waals surface area contributed by atoms with Crippen molar-refractivity contribution in [3.05, 3.63) is 48.6 Å². The molecule has 0 saturated carbocycles. The Bertz CT molecular complexity index is 241. The van der Waals surface area contributed by atoms with Gasteiger partial charge in [0.1, 0.15) is 0 Å². The summed E-state index contributed by atoms with van der Waals surface area (Å²) < 4.78 is 0. The first-order valence-electron chi connectivity index (χ1n) is 4.73. The molecular weight excluding hydrogens is 158 g/mol. The van der Waals surface area contributed by atoms with Crippen molar-refractivity contribution in [1.29, 1.82) is 0 Å². The molecule has 1 unspecified atom stereocenters. The lowest BCUT2D eigenvalue weighted by Gasteiger charge is -2.08. The molecule has 13 heavy (non-hydrogen) atoms. The fourth-order valence-corrected chi connectivity index (χ4v) is 1.17. The topological polar surface area (TPSA) is 12.0 Å². The molecule has 0 fully saturated rings. The Morgan fingerprint density at radius 1 is 1.38 bits per heavy atom. The normalized spacial score (nSPS) is 12.4. The molecule has 1 rings (SSSR count). The Hall–Kier alpha value is -1.08. The van der Waals surface area contributed by atoms with Crippen LogP contribution in [0.1, 0.15) is 12.5 Å². The van der Waals surface area contributed by atoms with Gasteiger partial charge in [0.2, 0.25) is 0 Å². The first-order chi connectivity index (χ1) is 6.33. The first-order valence-corrected chi connectivity index (χ1v) is 4.73. The smallest absolute Gasteiger partial charge is 0.0219 e. The molecule has 1 N–H and O–H groups in total. The number of benzene rings is 1. The van der Waals surface area contributed by atoms with E-state index in [9.17, 15) is 0 Å². The summed E-state index contributed by atoms with van der Waals surface area (Å²) in [7, 11) is 0. The summed E-state index contributed by atoms with van der Waals surface area (Å²) in [5.74, 6) is 0. The minimum absolute atomic E-state index is 0.406. The molecule has 0 aliphatic carbocycles. The van der Waals surface area contributed by atoms with E-state index >= 15 is 0 Å². The summed E-state index contributed by atoms with van der Waals surface area (Å²) >= 11 is 0. The molecule has 1 atom stereocenters. The highest BCUT2D eigenvalue weighted by Gasteiger charge is 1.94. The van der Waals surface area contributed by atoms with Crippen molar-refractivity contribution in [2.75, 3.05) is 6.54 Å². The molecule has 0 bridgehead atoms. The van der Waals surface area contributed by atoms with Crippen LogP contribution in [-0.2, 0) is 6.42 Å². The van der Waals surface area contributed by atoms with Gasteiger partial charge in [-0.05, 0) is 25.5 Å². The molecule has 70 valence electrons. The van der Waals surface area contributed by atoms with Gasteiger partial charge in [0.15, 0.2) is 0 Å². The fourth-order valence-electron chi connectivity index (χ4n) is 1.17. The van der Waals surface area contributed by atoms with Crippen molar-refractivity contribution in [3.63, 3.8) is 0 Å². The van der Waals surface area contributed by atoms with Gasteiger partial charge in [-0.15, -0.1) is 6.58 Å². The maximum atomic E-state index is 3.72. The van der Waals surface area contributed by atoms with Gasteiger partial charge in [-0.2, -0.15) is 0 Å². The molecule has 0 aliphatic rings. The van der Waals surface area contributed by atoms with Crippen molar-refractivity contribution in [2.45, 2.75) is 19.4 Å². The number of hydrogen-bond acceptors (Lipinski definition) is 1. The average molecular weight is 175 g/mol. The molecule has 1 aromatic carbocycles. The molecule has 1 aromatic rings. The van der Waals surface area contributed by atoms with Crippen molar-refractivity contribution >= 4 is 0 Å². The molecule has 0 heterocycles. The second kappa shape index (κ2) is 5.55. The van der Waals surface area contributed by atoms with Crippen LogP contribution in [0.4, 0.5) is 0 Å². The quantitative estimate of drug-likeness (QED) is 0.678. The molecule has 0 saturated heterocycles. The van der Waals surface area contributed by atoms with Crippen molar-refractivity contribution in [2.24, 2.45) is 0 Å². The summed E-state index contributed by atoms with van der Waals surface area (Å²) in [6, 6.07) is 10.9. The molecule has 0 radical (unpaired) electrons. The second-order valence-electron chi connectivity index (χ2n) is 3.21. The molecule has 1 heteroatoms. The van der Waals surface area contributed by atoms with Gasteiger partial charge >= 0.3 is 0 Å². The Balaban J connectivity index is 2.24. The van der Waals surface area contributed by atoms with Crippen LogP contribution in [-0.4, -0.2) is 12.6 Å². The number of nitrogens with one attached hydrogen (secondary N) is 1. The third kappa shape index (κ3) is 3.90. The number of rotatable bonds is 5. The summed E-state index contributed by atoms with van der Waals surface area (Å²) in [5, 5.41) is 3.36. The minimum atomic E-state index is 0.406. The Morgan fingerprint density at radius 3 is 2.69 bits per heavy atom. The Kier molecular flexibility index (Phi) is 4.27. The zero-order chi connectivity index (χ0) is 9.52. The zero-order valence-corrected chi connectivity index (χ0v) is 8.16. The largest absolute Gasteiger partial charge is 0.310 e. The van der Waals surface area contributed by atoms with Crippen molar-refractivity contribution in [3.8, 4) is 0 Å². The van der Waals surface area contributed by atoms with Crippen LogP contribution < -0.4 is 5.32 Å².